The lowest BCUT2D eigenvalue weighted by Crippen LogP contribution is -2.47. The summed E-state index contributed by atoms with van der Waals surface area (Å²) in [7, 11) is -4.18. The van der Waals surface area contributed by atoms with Gasteiger partial charge in [0.2, 0.25) is 0 Å². The largest absolute Gasteiger partial charge is 0.339 e. The maximum atomic E-state index is 13.0. The average Bonchev–Trinajstić information content (AvgIpc) is 2.71. The molecule has 11 heteroatoms. The van der Waals surface area contributed by atoms with Gasteiger partial charge in [0.05, 0.1) is 9.82 Å². The molecular weight excluding hydrogens is 424 g/mol. The number of imide groups is 1. The number of benzene rings is 2. The average molecular weight is 449 g/mol. The summed E-state index contributed by atoms with van der Waals surface area (Å²) in [6.07, 6.45) is 1.95. The van der Waals surface area contributed by atoms with Crippen molar-refractivity contribution in [1.29, 1.82) is 0 Å². The quantitative estimate of drug-likeness (QED) is 0.355. The second kappa shape index (κ2) is 10.5. The van der Waals surface area contributed by atoms with Crippen molar-refractivity contribution >= 4 is 33.5 Å². The lowest BCUT2D eigenvalue weighted by atomic mass is 10.2. The first-order chi connectivity index (χ1) is 14.6. The van der Waals surface area contributed by atoms with E-state index in [2.05, 4.69) is 5.32 Å². The van der Waals surface area contributed by atoms with Crippen LogP contribution in [0, 0.1) is 17.0 Å². The Bertz CT molecular complexity index is 1050. The molecule has 2 aromatic rings. The van der Waals surface area contributed by atoms with E-state index in [9.17, 15) is 28.1 Å². The number of urea groups is 2. The molecule has 0 fully saturated rings. The van der Waals surface area contributed by atoms with E-state index in [1.165, 1.54) is 30.3 Å². The van der Waals surface area contributed by atoms with Crippen molar-refractivity contribution in [2.24, 2.45) is 0 Å². The Balaban J connectivity index is 2.18. The number of sulfonamides is 1. The van der Waals surface area contributed by atoms with Gasteiger partial charge in [-0.05, 0) is 31.5 Å². The fourth-order valence-electron chi connectivity index (χ4n) is 2.69. The Labute approximate surface area is 180 Å². The molecule has 0 aromatic heterocycles. The SMILES string of the molecule is CCCCCN(C(=O)NC(=O)Nc1cccc([N+](=O)[O-])c1)S(=O)(=O)c1ccc(C)cc1. The van der Waals surface area contributed by atoms with E-state index in [0.29, 0.717) is 17.1 Å². The summed E-state index contributed by atoms with van der Waals surface area (Å²) in [4.78, 5) is 35.0. The van der Waals surface area contributed by atoms with E-state index < -0.39 is 27.0 Å². The second-order valence-electron chi connectivity index (χ2n) is 6.79. The van der Waals surface area contributed by atoms with Gasteiger partial charge in [-0.15, -0.1) is 0 Å². The van der Waals surface area contributed by atoms with Gasteiger partial charge in [-0.1, -0.05) is 43.5 Å². The number of nitro groups is 1. The topological polar surface area (TPSA) is 139 Å². The minimum atomic E-state index is -4.18. The first kappa shape index (κ1) is 23.8. The number of nitrogens with one attached hydrogen (secondary N) is 2. The molecule has 0 bridgehead atoms. The molecule has 2 rings (SSSR count). The Morgan fingerprint density at radius 2 is 1.77 bits per heavy atom. The van der Waals surface area contributed by atoms with Gasteiger partial charge in [-0.2, -0.15) is 0 Å². The van der Waals surface area contributed by atoms with Crippen LogP contribution in [0.25, 0.3) is 0 Å². The number of unbranched alkanes of at least 4 members (excludes halogenated alkanes) is 2. The van der Waals surface area contributed by atoms with Crippen molar-refractivity contribution in [2.75, 3.05) is 11.9 Å². The molecule has 0 radical (unpaired) electrons. The monoisotopic (exact) mass is 448 g/mol. The number of amides is 4. The van der Waals surface area contributed by atoms with Crippen molar-refractivity contribution in [3.63, 3.8) is 0 Å². The number of non-ortho nitro benzene ring substituents is 1. The number of nitro benzene ring substituents is 1. The van der Waals surface area contributed by atoms with Gasteiger partial charge in [0, 0.05) is 24.4 Å². The molecule has 31 heavy (non-hydrogen) atoms. The van der Waals surface area contributed by atoms with Crippen molar-refractivity contribution in [3.8, 4) is 0 Å². The number of carbonyl (C=O) groups excluding carboxylic acids is 2. The minimum absolute atomic E-state index is 0.0659. The molecule has 0 spiro atoms. The van der Waals surface area contributed by atoms with E-state index in [-0.39, 0.29) is 22.8 Å². The number of anilines is 1. The number of aryl methyl sites for hydroxylation is 1. The molecular formula is C20H24N4O6S. The zero-order valence-electron chi connectivity index (χ0n) is 17.2. The summed E-state index contributed by atoms with van der Waals surface area (Å²) in [5, 5.41) is 15.1. The van der Waals surface area contributed by atoms with E-state index in [1.807, 2.05) is 12.2 Å². The second-order valence-corrected chi connectivity index (χ2v) is 8.65. The normalized spacial score (nSPS) is 10.9. The Morgan fingerprint density at radius 3 is 2.39 bits per heavy atom. The zero-order valence-corrected chi connectivity index (χ0v) is 18.0. The van der Waals surface area contributed by atoms with Crippen molar-refractivity contribution in [3.05, 3.63) is 64.2 Å². The molecule has 10 nitrogen and oxygen atoms in total. The summed E-state index contributed by atoms with van der Waals surface area (Å²) >= 11 is 0. The molecule has 0 aliphatic rings. The summed E-state index contributed by atoms with van der Waals surface area (Å²) in [5.74, 6) is 0. The number of hydrogen-bond donors (Lipinski definition) is 2. The van der Waals surface area contributed by atoms with E-state index in [1.54, 1.807) is 19.1 Å². The molecule has 0 unspecified atom stereocenters. The third kappa shape index (κ3) is 6.51. The Hall–Kier alpha value is -3.47. The summed E-state index contributed by atoms with van der Waals surface area (Å²) in [5.41, 5.74) is 0.697. The highest BCUT2D eigenvalue weighted by molar-refractivity contribution is 7.89. The van der Waals surface area contributed by atoms with Crippen LogP contribution in [-0.2, 0) is 10.0 Å². The highest BCUT2D eigenvalue weighted by atomic mass is 32.2. The molecule has 2 aromatic carbocycles. The Kier molecular flexibility index (Phi) is 8.08. The van der Waals surface area contributed by atoms with Crippen LogP contribution < -0.4 is 10.6 Å². The van der Waals surface area contributed by atoms with E-state index in [0.717, 1.165) is 18.1 Å². The summed E-state index contributed by atoms with van der Waals surface area (Å²) in [6.45, 7) is 3.64. The van der Waals surface area contributed by atoms with E-state index >= 15 is 0 Å². The molecule has 0 aliphatic heterocycles. The Morgan fingerprint density at radius 1 is 1.10 bits per heavy atom. The summed E-state index contributed by atoms with van der Waals surface area (Å²) < 4.78 is 26.6. The first-order valence-corrected chi connectivity index (χ1v) is 11.0. The van der Waals surface area contributed by atoms with Gasteiger partial charge < -0.3 is 5.32 Å². The maximum absolute atomic E-state index is 13.0. The fourth-order valence-corrected chi connectivity index (χ4v) is 4.06. The number of carbonyl (C=O) groups is 2. The smallest absolute Gasteiger partial charge is 0.307 e. The van der Waals surface area contributed by atoms with Crippen LogP contribution in [0.1, 0.15) is 31.7 Å². The number of rotatable bonds is 8. The van der Waals surface area contributed by atoms with Gasteiger partial charge in [-0.25, -0.2) is 22.3 Å². The predicted octanol–water partition coefficient (Wildman–Crippen LogP) is 4.03. The lowest BCUT2D eigenvalue weighted by molar-refractivity contribution is -0.384. The minimum Gasteiger partial charge on any atom is -0.307 e. The lowest BCUT2D eigenvalue weighted by Gasteiger charge is -2.22. The van der Waals surface area contributed by atoms with Gasteiger partial charge >= 0.3 is 12.1 Å². The van der Waals surface area contributed by atoms with Crippen molar-refractivity contribution in [2.45, 2.75) is 38.0 Å². The van der Waals surface area contributed by atoms with Crippen LogP contribution in [0.15, 0.2) is 53.4 Å². The number of nitrogens with zero attached hydrogens (tertiary/aromatic N) is 2. The zero-order chi connectivity index (χ0) is 23.0. The van der Waals surface area contributed by atoms with Crippen LogP contribution in [0.5, 0.6) is 0 Å². The molecule has 0 saturated heterocycles. The van der Waals surface area contributed by atoms with Crippen LogP contribution in [0.4, 0.5) is 21.0 Å². The third-order valence-corrected chi connectivity index (χ3v) is 6.13. The molecule has 0 atom stereocenters. The predicted molar refractivity (Wildman–Crippen MR) is 115 cm³/mol. The van der Waals surface area contributed by atoms with Gasteiger partial charge in [0.25, 0.3) is 15.7 Å². The van der Waals surface area contributed by atoms with Gasteiger partial charge in [0.15, 0.2) is 0 Å². The molecule has 0 saturated carbocycles. The fraction of sp³-hybridized carbons (Fsp3) is 0.300. The molecule has 0 aliphatic carbocycles. The summed E-state index contributed by atoms with van der Waals surface area (Å²) in [6, 6.07) is 9.04. The maximum Gasteiger partial charge on any atom is 0.339 e. The highest BCUT2D eigenvalue weighted by Gasteiger charge is 2.30. The van der Waals surface area contributed by atoms with Crippen LogP contribution in [-0.4, -0.2) is 36.3 Å². The molecule has 0 heterocycles. The standard InChI is InChI=1S/C20H24N4O6S/c1-3-4-5-13-23(31(29,30)18-11-9-15(2)10-12-18)20(26)22-19(25)21-16-7-6-8-17(14-16)24(27)28/h6-12,14H,3-5,13H2,1-2H3,(H2,21,22,25,26). The van der Waals surface area contributed by atoms with Crippen LogP contribution in [0.3, 0.4) is 0 Å². The molecule has 4 amide bonds. The van der Waals surface area contributed by atoms with Crippen LogP contribution >= 0.6 is 0 Å². The first-order valence-electron chi connectivity index (χ1n) is 9.61. The van der Waals surface area contributed by atoms with Gasteiger partial charge in [0.1, 0.15) is 0 Å². The number of hydrogen-bond acceptors (Lipinski definition) is 6. The van der Waals surface area contributed by atoms with Crippen molar-refractivity contribution < 1.29 is 22.9 Å². The molecule has 2 N–H and O–H groups in total. The van der Waals surface area contributed by atoms with E-state index in [4.69, 9.17) is 0 Å². The van der Waals surface area contributed by atoms with Gasteiger partial charge in [-0.3, -0.25) is 15.4 Å². The third-order valence-electron chi connectivity index (χ3n) is 4.34. The highest BCUT2D eigenvalue weighted by Crippen LogP contribution is 2.19. The van der Waals surface area contributed by atoms with Crippen molar-refractivity contribution in [1.82, 2.24) is 9.62 Å². The van der Waals surface area contributed by atoms with Crippen LogP contribution in [0.2, 0.25) is 0 Å². The molecule has 166 valence electrons.